The maximum atomic E-state index is 12.4. The Labute approximate surface area is 145 Å². The minimum absolute atomic E-state index is 0.122. The summed E-state index contributed by atoms with van der Waals surface area (Å²) in [5.74, 6) is 1.25. The van der Waals surface area contributed by atoms with Crippen LogP contribution in [0.3, 0.4) is 0 Å². The van der Waals surface area contributed by atoms with Gasteiger partial charge in [0.1, 0.15) is 6.10 Å². The van der Waals surface area contributed by atoms with E-state index in [4.69, 9.17) is 4.74 Å². The third-order valence-electron chi connectivity index (χ3n) is 5.88. The molecule has 0 spiro atoms. The van der Waals surface area contributed by atoms with Crippen LogP contribution < -0.4 is 0 Å². The van der Waals surface area contributed by atoms with Crippen LogP contribution >= 0.6 is 0 Å². The van der Waals surface area contributed by atoms with Crippen LogP contribution in [0.15, 0.2) is 0 Å². The highest BCUT2D eigenvalue weighted by molar-refractivity contribution is 5.82. The largest absolute Gasteiger partial charge is 0.368 e. The van der Waals surface area contributed by atoms with E-state index in [1.165, 1.54) is 38.5 Å². The lowest BCUT2D eigenvalue weighted by Crippen LogP contribution is -2.52. The molecule has 3 aliphatic rings. The van der Waals surface area contributed by atoms with E-state index < -0.39 is 0 Å². The Hall–Kier alpha value is -1.10. The van der Waals surface area contributed by atoms with Gasteiger partial charge in [0.05, 0.1) is 0 Å². The zero-order chi connectivity index (χ0) is 16.8. The number of ether oxygens (including phenoxy) is 1. The van der Waals surface area contributed by atoms with Crippen molar-refractivity contribution in [1.82, 2.24) is 9.80 Å². The molecule has 1 unspecified atom stereocenters. The van der Waals surface area contributed by atoms with Crippen LogP contribution in [0.2, 0.25) is 0 Å². The number of carbonyl (C=O) groups excluding carboxylic acids is 2. The molecule has 0 aromatic heterocycles. The molecule has 3 rings (SSSR count). The molecule has 0 radical (unpaired) electrons. The van der Waals surface area contributed by atoms with E-state index in [9.17, 15) is 9.59 Å². The molecule has 2 saturated heterocycles. The highest BCUT2D eigenvalue weighted by atomic mass is 16.5. The molecule has 1 atom stereocenters. The van der Waals surface area contributed by atoms with Crippen molar-refractivity contribution >= 4 is 11.8 Å². The van der Waals surface area contributed by atoms with Gasteiger partial charge in [0, 0.05) is 39.2 Å². The third kappa shape index (κ3) is 4.71. The van der Waals surface area contributed by atoms with E-state index in [-0.39, 0.29) is 17.9 Å². The zero-order valence-electron chi connectivity index (χ0n) is 14.9. The van der Waals surface area contributed by atoms with Crippen LogP contribution in [-0.4, -0.2) is 60.5 Å². The molecule has 1 saturated carbocycles. The van der Waals surface area contributed by atoms with Gasteiger partial charge in [0.15, 0.2) is 0 Å². The Balaban J connectivity index is 1.33. The fraction of sp³-hybridized carbons (Fsp3) is 0.895. The summed E-state index contributed by atoms with van der Waals surface area (Å²) in [6, 6.07) is 0. The molecule has 2 aliphatic heterocycles. The van der Waals surface area contributed by atoms with Crippen LogP contribution in [0.5, 0.6) is 0 Å². The summed E-state index contributed by atoms with van der Waals surface area (Å²) >= 11 is 0. The molecule has 136 valence electrons. The van der Waals surface area contributed by atoms with Crippen molar-refractivity contribution in [3.05, 3.63) is 0 Å². The number of amides is 2. The summed E-state index contributed by atoms with van der Waals surface area (Å²) in [6.45, 7) is 3.39. The normalized spacial score (nSPS) is 25.9. The molecule has 2 amide bonds. The van der Waals surface area contributed by atoms with Crippen molar-refractivity contribution in [3.8, 4) is 0 Å². The van der Waals surface area contributed by atoms with Crippen molar-refractivity contribution in [2.24, 2.45) is 5.92 Å². The lowest BCUT2D eigenvalue weighted by Gasteiger charge is -2.36. The van der Waals surface area contributed by atoms with Crippen LogP contribution in [-0.2, 0) is 14.3 Å². The smallest absolute Gasteiger partial charge is 0.251 e. The lowest BCUT2D eigenvalue weighted by atomic mass is 9.86. The number of hydrogen-bond donors (Lipinski definition) is 0. The average Bonchev–Trinajstić information content (AvgIpc) is 3.17. The van der Waals surface area contributed by atoms with E-state index in [0.29, 0.717) is 39.2 Å². The van der Waals surface area contributed by atoms with Crippen LogP contribution in [0.1, 0.15) is 64.2 Å². The van der Waals surface area contributed by atoms with Gasteiger partial charge in [-0.2, -0.15) is 0 Å². The first-order chi connectivity index (χ1) is 11.7. The molecule has 2 heterocycles. The predicted molar refractivity (Wildman–Crippen MR) is 92.6 cm³/mol. The fourth-order valence-corrected chi connectivity index (χ4v) is 4.33. The quantitative estimate of drug-likeness (QED) is 0.775. The third-order valence-corrected chi connectivity index (χ3v) is 5.88. The van der Waals surface area contributed by atoms with Crippen molar-refractivity contribution in [3.63, 3.8) is 0 Å². The van der Waals surface area contributed by atoms with Crippen molar-refractivity contribution in [2.45, 2.75) is 70.3 Å². The SMILES string of the molecule is O=C(CCCC1CCCCC1)N1CCN(C(=O)C2CCCO2)CC1. The summed E-state index contributed by atoms with van der Waals surface area (Å²) in [5, 5.41) is 0. The molecule has 0 aromatic rings. The molecule has 0 N–H and O–H groups in total. The molecule has 0 aromatic carbocycles. The number of hydrogen-bond acceptors (Lipinski definition) is 3. The van der Waals surface area contributed by atoms with Gasteiger partial charge in [-0.05, 0) is 31.6 Å². The minimum Gasteiger partial charge on any atom is -0.368 e. The summed E-state index contributed by atoms with van der Waals surface area (Å²) < 4.78 is 5.48. The standard InChI is InChI=1S/C19H32N2O3/c22-18(10-4-8-16-6-2-1-3-7-16)20-11-13-21(14-12-20)19(23)17-9-5-15-24-17/h16-17H,1-15H2. The molecule has 5 heteroatoms. The number of carbonyl (C=O) groups is 2. The van der Waals surface area contributed by atoms with Crippen molar-refractivity contribution in [1.29, 1.82) is 0 Å². The van der Waals surface area contributed by atoms with Crippen LogP contribution in [0.4, 0.5) is 0 Å². The minimum atomic E-state index is -0.234. The van der Waals surface area contributed by atoms with Crippen molar-refractivity contribution < 1.29 is 14.3 Å². The van der Waals surface area contributed by atoms with Gasteiger partial charge in [0.25, 0.3) is 5.91 Å². The van der Waals surface area contributed by atoms with Crippen LogP contribution in [0.25, 0.3) is 0 Å². The van der Waals surface area contributed by atoms with Gasteiger partial charge in [0.2, 0.25) is 5.91 Å². The molecule has 1 aliphatic carbocycles. The van der Waals surface area contributed by atoms with Gasteiger partial charge >= 0.3 is 0 Å². The Morgan fingerprint density at radius 1 is 0.875 bits per heavy atom. The Kier molecular flexibility index (Phi) is 6.52. The van der Waals surface area contributed by atoms with E-state index in [2.05, 4.69) is 0 Å². The summed E-state index contributed by atoms with van der Waals surface area (Å²) in [5.41, 5.74) is 0. The first-order valence-electron chi connectivity index (χ1n) is 9.92. The van der Waals surface area contributed by atoms with E-state index in [1.54, 1.807) is 0 Å². The highest BCUT2D eigenvalue weighted by Gasteiger charge is 2.31. The zero-order valence-corrected chi connectivity index (χ0v) is 14.9. The molecular formula is C19H32N2O3. The predicted octanol–water partition coefficient (Wildman–Crippen LogP) is 2.59. The highest BCUT2D eigenvalue weighted by Crippen LogP contribution is 2.27. The molecule has 0 bridgehead atoms. The summed E-state index contributed by atoms with van der Waals surface area (Å²) in [4.78, 5) is 28.5. The van der Waals surface area contributed by atoms with Crippen LogP contribution in [0, 0.1) is 5.92 Å². The second-order valence-corrected chi connectivity index (χ2v) is 7.60. The number of piperazine rings is 1. The number of nitrogens with zero attached hydrogens (tertiary/aromatic N) is 2. The maximum Gasteiger partial charge on any atom is 0.251 e. The second kappa shape index (κ2) is 8.84. The van der Waals surface area contributed by atoms with Gasteiger partial charge in [-0.1, -0.05) is 32.1 Å². The number of rotatable bonds is 5. The van der Waals surface area contributed by atoms with Crippen molar-refractivity contribution in [2.75, 3.05) is 32.8 Å². The fourth-order valence-electron chi connectivity index (χ4n) is 4.33. The second-order valence-electron chi connectivity index (χ2n) is 7.60. The van der Waals surface area contributed by atoms with Gasteiger partial charge < -0.3 is 14.5 Å². The van der Waals surface area contributed by atoms with E-state index in [0.717, 1.165) is 25.2 Å². The first-order valence-corrected chi connectivity index (χ1v) is 9.92. The van der Waals surface area contributed by atoms with Gasteiger partial charge in [-0.25, -0.2) is 0 Å². The van der Waals surface area contributed by atoms with E-state index >= 15 is 0 Å². The Bertz CT molecular complexity index is 420. The maximum absolute atomic E-state index is 12.4. The topological polar surface area (TPSA) is 49.9 Å². The van der Waals surface area contributed by atoms with Gasteiger partial charge in [-0.15, -0.1) is 0 Å². The Morgan fingerprint density at radius 3 is 2.25 bits per heavy atom. The molecule has 3 fully saturated rings. The van der Waals surface area contributed by atoms with Gasteiger partial charge in [-0.3, -0.25) is 9.59 Å². The summed E-state index contributed by atoms with van der Waals surface area (Å²) in [6.07, 6.45) is 11.4. The van der Waals surface area contributed by atoms with E-state index in [1.807, 2.05) is 9.80 Å². The monoisotopic (exact) mass is 336 g/mol. The Morgan fingerprint density at radius 2 is 1.58 bits per heavy atom. The molecular weight excluding hydrogens is 304 g/mol. The average molecular weight is 336 g/mol. The lowest BCUT2D eigenvalue weighted by molar-refractivity contribution is -0.146. The molecule has 5 nitrogen and oxygen atoms in total. The summed E-state index contributed by atoms with van der Waals surface area (Å²) in [7, 11) is 0. The molecule has 24 heavy (non-hydrogen) atoms. The first kappa shape index (κ1) is 17.7.